The SMILES string of the molecule is O=C(Cn1cc(Br)ccc1=O)NC1(C(=O)O)CCCCCC1. The first-order chi connectivity index (χ1) is 10.4. The molecule has 2 N–H and O–H groups in total. The summed E-state index contributed by atoms with van der Waals surface area (Å²) in [5, 5.41) is 12.2. The summed E-state index contributed by atoms with van der Waals surface area (Å²) >= 11 is 3.24. The molecule has 1 saturated carbocycles. The predicted molar refractivity (Wildman–Crippen MR) is 84.6 cm³/mol. The lowest BCUT2D eigenvalue weighted by Crippen LogP contribution is -2.55. The zero-order chi connectivity index (χ0) is 16.2. The Morgan fingerprint density at radius 1 is 1.23 bits per heavy atom. The van der Waals surface area contributed by atoms with Crippen LogP contribution in [-0.4, -0.2) is 27.1 Å². The fraction of sp³-hybridized carbons (Fsp3) is 0.533. The number of aliphatic carboxylic acids is 1. The van der Waals surface area contributed by atoms with Crippen LogP contribution in [0.2, 0.25) is 0 Å². The zero-order valence-electron chi connectivity index (χ0n) is 12.2. The molecule has 0 aliphatic heterocycles. The smallest absolute Gasteiger partial charge is 0.329 e. The lowest BCUT2D eigenvalue weighted by molar-refractivity contribution is -0.148. The Morgan fingerprint density at radius 3 is 2.45 bits per heavy atom. The highest BCUT2D eigenvalue weighted by molar-refractivity contribution is 9.10. The van der Waals surface area contributed by atoms with Crippen LogP contribution < -0.4 is 10.9 Å². The van der Waals surface area contributed by atoms with E-state index in [1.165, 1.54) is 16.8 Å². The van der Waals surface area contributed by atoms with E-state index in [2.05, 4.69) is 21.2 Å². The van der Waals surface area contributed by atoms with Gasteiger partial charge in [-0.2, -0.15) is 0 Å². The van der Waals surface area contributed by atoms with E-state index in [9.17, 15) is 19.5 Å². The molecule has 6 nitrogen and oxygen atoms in total. The van der Waals surface area contributed by atoms with Gasteiger partial charge in [0.1, 0.15) is 12.1 Å². The third-order valence-corrected chi connectivity index (χ3v) is 4.48. The van der Waals surface area contributed by atoms with E-state index < -0.39 is 17.4 Å². The molecule has 120 valence electrons. The molecular weight excluding hydrogens is 352 g/mol. The maximum Gasteiger partial charge on any atom is 0.329 e. The van der Waals surface area contributed by atoms with Gasteiger partial charge in [-0.1, -0.05) is 25.7 Å². The fourth-order valence-corrected chi connectivity index (χ4v) is 3.19. The van der Waals surface area contributed by atoms with Gasteiger partial charge in [0.05, 0.1) is 0 Å². The summed E-state index contributed by atoms with van der Waals surface area (Å²) in [6, 6.07) is 2.96. The molecule has 1 aliphatic rings. The lowest BCUT2D eigenvalue weighted by atomic mass is 9.90. The maximum atomic E-state index is 12.2. The van der Waals surface area contributed by atoms with E-state index in [4.69, 9.17) is 0 Å². The van der Waals surface area contributed by atoms with E-state index >= 15 is 0 Å². The number of hydrogen-bond donors (Lipinski definition) is 2. The van der Waals surface area contributed by atoms with Gasteiger partial charge in [0.2, 0.25) is 5.91 Å². The lowest BCUT2D eigenvalue weighted by Gasteiger charge is -2.29. The van der Waals surface area contributed by atoms with Crippen LogP contribution in [0.4, 0.5) is 0 Å². The first-order valence-electron chi connectivity index (χ1n) is 7.33. The average molecular weight is 371 g/mol. The van der Waals surface area contributed by atoms with Gasteiger partial charge in [0.15, 0.2) is 0 Å². The monoisotopic (exact) mass is 370 g/mol. The molecule has 0 unspecified atom stereocenters. The molecule has 1 amide bonds. The van der Waals surface area contributed by atoms with Gasteiger partial charge in [0, 0.05) is 16.7 Å². The Hall–Kier alpha value is -1.63. The van der Waals surface area contributed by atoms with Crippen LogP contribution in [-0.2, 0) is 16.1 Å². The normalized spacial score (nSPS) is 17.5. The highest BCUT2D eigenvalue weighted by Gasteiger charge is 2.39. The molecular formula is C15H19BrN2O4. The molecule has 0 bridgehead atoms. The van der Waals surface area contributed by atoms with E-state index in [1.807, 2.05) is 0 Å². The fourth-order valence-electron chi connectivity index (χ4n) is 2.81. The van der Waals surface area contributed by atoms with Gasteiger partial charge in [-0.15, -0.1) is 0 Å². The van der Waals surface area contributed by atoms with E-state index in [0.29, 0.717) is 17.3 Å². The van der Waals surface area contributed by atoms with Crippen molar-refractivity contribution in [3.05, 3.63) is 33.2 Å². The minimum absolute atomic E-state index is 0.187. The average Bonchev–Trinajstić information content (AvgIpc) is 2.69. The van der Waals surface area contributed by atoms with Gasteiger partial charge in [0.25, 0.3) is 5.56 Å². The molecule has 0 spiro atoms. The molecule has 1 fully saturated rings. The molecule has 0 saturated heterocycles. The first kappa shape index (κ1) is 16.7. The summed E-state index contributed by atoms with van der Waals surface area (Å²) in [5.74, 6) is -1.45. The minimum Gasteiger partial charge on any atom is -0.480 e. The highest BCUT2D eigenvalue weighted by Crippen LogP contribution is 2.27. The first-order valence-corrected chi connectivity index (χ1v) is 8.13. The molecule has 1 aromatic heterocycles. The summed E-state index contributed by atoms with van der Waals surface area (Å²) in [4.78, 5) is 35.6. The predicted octanol–water partition coefficient (Wildman–Crippen LogP) is 1.90. The number of rotatable bonds is 4. The largest absolute Gasteiger partial charge is 0.480 e. The minimum atomic E-state index is -1.21. The van der Waals surface area contributed by atoms with Crippen molar-refractivity contribution in [2.24, 2.45) is 0 Å². The van der Waals surface area contributed by atoms with Crippen molar-refractivity contribution in [2.45, 2.75) is 50.6 Å². The number of aromatic nitrogens is 1. The molecule has 1 aliphatic carbocycles. The second kappa shape index (κ2) is 7.09. The Balaban J connectivity index is 2.13. The molecule has 1 heterocycles. The Morgan fingerprint density at radius 2 is 1.86 bits per heavy atom. The van der Waals surface area contributed by atoms with E-state index in [-0.39, 0.29) is 12.1 Å². The van der Waals surface area contributed by atoms with Crippen LogP contribution in [0.25, 0.3) is 0 Å². The molecule has 22 heavy (non-hydrogen) atoms. The molecule has 0 aromatic carbocycles. The number of carboxylic acid groups (broad SMARTS) is 1. The molecule has 7 heteroatoms. The van der Waals surface area contributed by atoms with Gasteiger partial charge in [-0.05, 0) is 34.8 Å². The molecule has 0 radical (unpaired) electrons. The number of hydrogen-bond acceptors (Lipinski definition) is 3. The molecule has 2 rings (SSSR count). The van der Waals surface area contributed by atoms with E-state index in [1.54, 1.807) is 6.07 Å². The van der Waals surface area contributed by atoms with Crippen molar-refractivity contribution in [3.8, 4) is 0 Å². The third kappa shape index (κ3) is 3.97. The van der Waals surface area contributed by atoms with Gasteiger partial charge >= 0.3 is 5.97 Å². The Labute approximate surface area is 136 Å². The number of carbonyl (C=O) groups excluding carboxylic acids is 1. The zero-order valence-corrected chi connectivity index (χ0v) is 13.8. The summed E-state index contributed by atoms with van der Waals surface area (Å²) < 4.78 is 1.94. The van der Waals surface area contributed by atoms with Crippen molar-refractivity contribution >= 4 is 27.8 Å². The van der Waals surface area contributed by atoms with Crippen LogP contribution in [0.1, 0.15) is 38.5 Å². The molecule has 1 aromatic rings. The topological polar surface area (TPSA) is 88.4 Å². The third-order valence-electron chi connectivity index (χ3n) is 4.01. The van der Waals surface area contributed by atoms with Crippen LogP contribution in [0.5, 0.6) is 0 Å². The summed E-state index contributed by atoms with van der Waals surface area (Å²) in [7, 11) is 0. The summed E-state index contributed by atoms with van der Waals surface area (Å²) in [6.45, 7) is -0.187. The van der Waals surface area contributed by atoms with Gasteiger partial charge in [-0.3, -0.25) is 9.59 Å². The van der Waals surface area contributed by atoms with Crippen LogP contribution >= 0.6 is 15.9 Å². The quantitative estimate of drug-likeness (QED) is 0.792. The molecule has 0 atom stereocenters. The second-order valence-corrected chi connectivity index (χ2v) is 6.58. The van der Waals surface area contributed by atoms with Crippen LogP contribution in [0.15, 0.2) is 27.6 Å². The second-order valence-electron chi connectivity index (χ2n) is 5.66. The van der Waals surface area contributed by atoms with Gasteiger partial charge < -0.3 is 15.0 Å². The van der Waals surface area contributed by atoms with Crippen molar-refractivity contribution in [2.75, 3.05) is 0 Å². The van der Waals surface area contributed by atoms with Crippen LogP contribution in [0, 0.1) is 0 Å². The number of carboxylic acids is 1. The Bertz CT molecular complexity index is 618. The number of pyridine rings is 1. The van der Waals surface area contributed by atoms with Crippen LogP contribution in [0.3, 0.4) is 0 Å². The highest BCUT2D eigenvalue weighted by atomic mass is 79.9. The van der Waals surface area contributed by atoms with Crippen molar-refractivity contribution in [3.63, 3.8) is 0 Å². The number of carbonyl (C=O) groups is 2. The number of halogens is 1. The van der Waals surface area contributed by atoms with E-state index in [0.717, 1.165) is 25.7 Å². The Kier molecular flexibility index (Phi) is 5.39. The van der Waals surface area contributed by atoms with Gasteiger partial charge in [-0.25, -0.2) is 4.79 Å². The standard InChI is InChI=1S/C15H19BrN2O4/c16-11-5-6-13(20)18(9-11)10-12(19)17-15(14(21)22)7-3-1-2-4-8-15/h5-6,9H,1-4,7-8,10H2,(H,17,19)(H,21,22). The van der Waals surface area contributed by atoms with Crippen molar-refractivity contribution in [1.82, 2.24) is 9.88 Å². The van der Waals surface area contributed by atoms with Crippen molar-refractivity contribution < 1.29 is 14.7 Å². The summed E-state index contributed by atoms with van der Waals surface area (Å²) in [5.41, 5.74) is -1.51. The summed E-state index contributed by atoms with van der Waals surface area (Å²) in [6.07, 6.45) is 5.91. The van der Waals surface area contributed by atoms with Crippen molar-refractivity contribution in [1.29, 1.82) is 0 Å². The maximum absolute atomic E-state index is 12.2. The number of nitrogens with zero attached hydrogens (tertiary/aromatic N) is 1. The number of nitrogens with one attached hydrogen (secondary N) is 1. The number of amides is 1.